The number of hydrogen-bond acceptors (Lipinski definition) is 6. The predicted octanol–water partition coefficient (Wildman–Crippen LogP) is 2.01. The molecule has 0 saturated heterocycles. The summed E-state index contributed by atoms with van der Waals surface area (Å²) in [5.41, 5.74) is -0.240. The van der Waals surface area contributed by atoms with Gasteiger partial charge in [-0.05, 0) is 26.0 Å². The fourth-order valence-corrected chi connectivity index (χ4v) is 2.00. The monoisotopic (exact) mass is 280 g/mol. The Morgan fingerprint density at radius 2 is 2.00 bits per heavy atom. The van der Waals surface area contributed by atoms with Crippen LogP contribution in [0, 0.1) is 20.2 Å². The summed E-state index contributed by atoms with van der Waals surface area (Å²) in [6, 6.07) is 4.25. The molecule has 0 atom stereocenters. The Labute approximate surface area is 115 Å². The van der Waals surface area contributed by atoms with Crippen molar-refractivity contribution in [2.75, 3.05) is 25.5 Å². The number of anilines is 1. The number of nitro groups is 2. The summed E-state index contributed by atoms with van der Waals surface area (Å²) in [4.78, 5) is 22.5. The van der Waals surface area contributed by atoms with Crippen molar-refractivity contribution in [1.82, 2.24) is 4.90 Å². The molecule has 0 radical (unpaired) electrons. The molecule has 108 valence electrons. The van der Waals surface area contributed by atoms with Gasteiger partial charge in [-0.25, -0.2) is 0 Å². The van der Waals surface area contributed by atoms with Crippen molar-refractivity contribution >= 4 is 17.1 Å². The van der Waals surface area contributed by atoms with Crippen molar-refractivity contribution in [3.8, 4) is 0 Å². The fourth-order valence-electron chi connectivity index (χ4n) is 2.00. The van der Waals surface area contributed by atoms with Gasteiger partial charge in [0.15, 0.2) is 0 Å². The van der Waals surface area contributed by atoms with Gasteiger partial charge in [0.1, 0.15) is 5.69 Å². The molecule has 1 fully saturated rings. The summed E-state index contributed by atoms with van der Waals surface area (Å²) < 4.78 is 0. The molecule has 0 aliphatic heterocycles. The van der Waals surface area contributed by atoms with E-state index in [4.69, 9.17) is 0 Å². The zero-order valence-electron chi connectivity index (χ0n) is 11.1. The summed E-state index contributed by atoms with van der Waals surface area (Å²) in [5, 5.41) is 24.5. The fraction of sp³-hybridized carbons (Fsp3) is 0.500. The Hall–Kier alpha value is -2.22. The highest BCUT2D eigenvalue weighted by Gasteiger charge is 2.25. The number of hydrogen-bond donors (Lipinski definition) is 1. The first kappa shape index (κ1) is 14.2. The lowest BCUT2D eigenvalue weighted by Crippen LogP contribution is -2.27. The maximum Gasteiger partial charge on any atom is 0.299 e. The van der Waals surface area contributed by atoms with Gasteiger partial charge >= 0.3 is 0 Å². The molecule has 20 heavy (non-hydrogen) atoms. The van der Waals surface area contributed by atoms with E-state index in [1.54, 1.807) is 0 Å². The molecule has 8 nitrogen and oxygen atoms in total. The lowest BCUT2D eigenvalue weighted by atomic mass is 10.2. The molecule has 0 unspecified atom stereocenters. The quantitative estimate of drug-likeness (QED) is 0.605. The van der Waals surface area contributed by atoms with E-state index in [0.29, 0.717) is 18.3 Å². The number of nitrogens with one attached hydrogen (secondary N) is 1. The first-order valence-electron chi connectivity index (χ1n) is 6.36. The summed E-state index contributed by atoms with van der Waals surface area (Å²) in [5.74, 6) is 0. The van der Waals surface area contributed by atoms with E-state index >= 15 is 0 Å². The van der Waals surface area contributed by atoms with Gasteiger partial charge in [-0.1, -0.05) is 0 Å². The van der Waals surface area contributed by atoms with E-state index in [0.717, 1.165) is 12.6 Å². The highest BCUT2D eigenvalue weighted by atomic mass is 16.6. The Morgan fingerprint density at radius 3 is 2.55 bits per heavy atom. The van der Waals surface area contributed by atoms with Crippen molar-refractivity contribution in [2.45, 2.75) is 18.9 Å². The van der Waals surface area contributed by atoms with Gasteiger partial charge in [0.2, 0.25) is 0 Å². The van der Waals surface area contributed by atoms with Crippen LogP contribution in [0.2, 0.25) is 0 Å². The van der Waals surface area contributed by atoms with Crippen molar-refractivity contribution < 1.29 is 9.85 Å². The first-order chi connectivity index (χ1) is 9.49. The zero-order chi connectivity index (χ0) is 14.7. The molecule has 1 aliphatic rings. The third kappa shape index (κ3) is 3.41. The van der Waals surface area contributed by atoms with Crippen LogP contribution in [0.5, 0.6) is 0 Å². The van der Waals surface area contributed by atoms with E-state index in [2.05, 4.69) is 10.2 Å². The van der Waals surface area contributed by atoms with Gasteiger partial charge in [-0.3, -0.25) is 20.2 Å². The predicted molar refractivity (Wildman–Crippen MR) is 73.9 cm³/mol. The van der Waals surface area contributed by atoms with E-state index < -0.39 is 9.85 Å². The number of likely N-dealkylation sites (N-methyl/N-ethyl adjacent to an activating group) is 1. The Morgan fingerprint density at radius 1 is 1.30 bits per heavy atom. The smallest absolute Gasteiger partial charge is 0.299 e. The second-order valence-corrected chi connectivity index (χ2v) is 4.85. The molecular formula is C12H16N4O4. The maximum atomic E-state index is 10.9. The average molecular weight is 280 g/mol. The number of nitro benzene ring substituents is 2. The second kappa shape index (κ2) is 5.83. The van der Waals surface area contributed by atoms with E-state index in [-0.39, 0.29) is 11.4 Å². The Kier molecular flexibility index (Phi) is 4.14. The molecule has 1 N–H and O–H groups in total. The Bertz CT molecular complexity index is 530. The first-order valence-corrected chi connectivity index (χ1v) is 6.36. The van der Waals surface area contributed by atoms with E-state index in [1.807, 2.05) is 7.05 Å². The Balaban J connectivity index is 2.02. The van der Waals surface area contributed by atoms with Crippen LogP contribution in [0.4, 0.5) is 17.1 Å². The van der Waals surface area contributed by atoms with Crippen LogP contribution in [0.15, 0.2) is 18.2 Å². The summed E-state index contributed by atoms with van der Waals surface area (Å²) in [6.45, 7) is 1.34. The SMILES string of the molecule is CN(CCNc1ccc([N+](=O)[O-])cc1[N+](=O)[O-])C1CC1. The number of nitrogens with zero attached hydrogens (tertiary/aromatic N) is 3. The maximum absolute atomic E-state index is 10.9. The van der Waals surface area contributed by atoms with Gasteiger partial charge in [0.25, 0.3) is 11.4 Å². The van der Waals surface area contributed by atoms with Gasteiger partial charge in [-0.2, -0.15) is 0 Å². The van der Waals surface area contributed by atoms with E-state index in [1.165, 1.54) is 25.0 Å². The van der Waals surface area contributed by atoms with Gasteiger partial charge < -0.3 is 10.2 Å². The molecule has 0 spiro atoms. The molecule has 2 rings (SSSR count). The third-order valence-corrected chi connectivity index (χ3v) is 3.34. The van der Waals surface area contributed by atoms with Crippen LogP contribution in [0.1, 0.15) is 12.8 Å². The summed E-state index contributed by atoms with van der Waals surface area (Å²) in [7, 11) is 2.02. The van der Waals surface area contributed by atoms with Crippen LogP contribution < -0.4 is 5.32 Å². The third-order valence-electron chi connectivity index (χ3n) is 3.34. The van der Waals surface area contributed by atoms with Crippen LogP contribution in [0.3, 0.4) is 0 Å². The largest absolute Gasteiger partial charge is 0.378 e. The molecule has 1 saturated carbocycles. The normalized spacial score (nSPS) is 14.3. The highest BCUT2D eigenvalue weighted by molar-refractivity contribution is 5.65. The van der Waals surface area contributed by atoms with Gasteiger partial charge in [0, 0.05) is 25.2 Å². The molecule has 0 heterocycles. The van der Waals surface area contributed by atoms with Gasteiger partial charge in [0.05, 0.1) is 15.9 Å². The van der Waals surface area contributed by atoms with Crippen LogP contribution in [0.25, 0.3) is 0 Å². The number of benzene rings is 1. The molecule has 0 bridgehead atoms. The second-order valence-electron chi connectivity index (χ2n) is 4.85. The van der Waals surface area contributed by atoms with Crippen molar-refractivity contribution in [2.24, 2.45) is 0 Å². The number of rotatable bonds is 7. The molecule has 0 aromatic heterocycles. The highest BCUT2D eigenvalue weighted by Crippen LogP contribution is 2.29. The number of non-ortho nitro benzene ring substituents is 1. The molecule has 1 aromatic carbocycles. The zero-order valence-corrected chi connectivity index (χ0v) is 11.1. The van der Waals surface area contributed by atoms with Crippen molar-refractivity contribution in [3.05, 3.63) is 38.4 Å². The average Bonchev–Trinajstić information content (AvgIpc) is 3.22. The van der Waals surface area contributed by atoms with Crippen LogP contribution >= 0.6 is 0 Å². The molecular weight excluding hydrogens is 264 g/mol. The van der Waals surface area contributed by atoms with Crippen LogP contribution in [-0.2, 0) is 0 Å². The van der Waals surface area contributed by atoms with Crippen LogP contribution in [-0.4, -0.2) is 40.9 Å². The molecule has 1 aliphatic carbocycles. The minimum atomic E-state index is -0.641. The lowest BCUT2D eigenvalue weighted by Gasteiger charge is -2.16. The lowest BCUT2D eigenvalue weighted by molar-refractivity contribution is -0.393. The van der Waals surface area contributed by atoms with Crippen molar-refractivity contribution in [1.29, 1.82) is 0 Å². The van der Waals surface area contributed by atoms with Crippen molar-refractivity contribution in [3.63, 3.8) is 0 Å². The molecule has 8 heteroatoms. The summed E-state index contributed by atoms with van der Waals surface area (Å²) >= 11 is 0. The minimum absolute atomic E-state index is 0.270. The minimum Gasteiger partial charge on any atom is -0.378 e. The molecule has 1 aromatic rings. The topological polar surface area (TPSA) is 102 Å². The standard InChI is InChI=1S/C12H16N4O4/c1-14(9-2-3-9)7-6-13-11-5-4-10(15(17)18)8-12(11)16(19)20/h4-5,8-9,13H,2-3,6-7H2,1H3. The van der Waals surface area contributed by atoms with E-state index in [9.17, 15) is 20.2 Å². The summed E-state index contributed by atoms with van der Waals surface area (Å²) in [6.07, 6.45) is 2.41. The van der Waals surface area contributed by atoms with Gasteiger partial charge in [-0.15, -0.1) is 0 Å². The molecule has 0 amide bonds.